The molecule has 3 nitrogen and oxygen atoms in total. The summed E-state index contributed by atoms with van der Waals surface area (Å²) in [6.07, 6.45) is 0. The van der Waals surface area contributed by atoms with Crippen molar-refractivity contribution in [2.45, 2.75) is 0 Å². The summed E-state index contributed by atoms with van der Waals surface area (Å²) < 4.78 is 18.5. The smallest absolute Gasteiger partial charge is 0.325 e. The van der Waals surface area contributed by atoms with E-state index in [9.17, 15) is 9.18 Å². The van der Waals surface area contributed by atoms with Crippen LogP contribution in [0.1, 0.15) is 0 Å². The molecule has 0 radical (unpaired) electrons. The van der Waals surface area contributed by atoms with E-state index in [2.05, 4.69) is 0 Å². The van der Waals surface area contributed by atoms with Gasteiger partial charge in [0, 0.05) is 5.56 Å². The van der Waals surface area contributed by atoms with Crippen LogP contribution in [0.4, 0.5) is 4.39 Å². The Morgan fingerprint density at radius 1 is 1.11 bits per heavy atom. The topological polar surface area (TPSA) is 52.3 Å². The van der Waals surface area contributed by atoms with Gasteiger partial charge in [-0.3, -0.25) is 4.79 Å². The predicted molar refractivity (Wildman–Crippen MR) is 66.5 cm³/mol. The van der Waals surface area contributed by atoms with Gasteiger partial charge in [0.2, 0.25) is 0 Å². The Balaban J connectivity index is 2.23. The van der Waals surface area contributed by atoms with Crippen LogP contribution in [-0.4, -0.2) is 12.5 Å². The van der Waals surface area contributed by atoms with Crippen LogP contribution >= 0.6 is 0 Å². The second kappa shape index (κ2) is 5.42. The normalized spacial score (nSPS) is 10.1. The first kappa shape index (κ1) is 12.3. The summed E-state index contributed by atoms with van der Waals surface area (Å²) in [6, 6.07) is 13.1. The molecule has 0 heterocycles. The van der Waals surface area contributed by atoms with Crippen molar-refractivity contribution in [1.82, 2.24) is 0 Å². The molecule has 0 aromatic heterocycles. The number of carbonyl (C=O) groups is 1. The second-order valence-electron chi connectivity index (χ2n) is 3.68. The van der Waals surface area contributed by atoms with E-state index in [-0.39, 0.29) is 12.4 Å². The molecule has 2 aromatic carbocycles. The molecule has 92 valence electrons. The largest absolute Gasteiger partial charge is 0.426 e. The van der Waals surface area contributed by atoms with Crippen molar-refractivity contribution in [3.05, 3.63) is 54.3 Å². The molecule has 0 saturated heterocycles. The third kappa shape index (κ3) is 2.73. The van der Waals surface area contributed by atoms with Gasteiger partial charge in [0.25, 0.3) is 0 Å². The monoisotopic (exact) mass is 245 g/mol. The van der Waals surface area contributed by atoms with Crippen molar-refractivity contribution in [3.8, 4) is 16.9 Å². The molecule has 0 aliphatic carbocycles. The Labute approximate surface area is 104 Å². The fraction of sp³-hybridized carbons (Fsp3) is 0.0714. The third-order valence-corrected chi connectivity index (χ3v) is 2.44. The Hall–Kier alpha value is -2.20. The summed E-state index contributed by atoms with van der Waals surface area (Å²) in [6.45, 7) is -0.172. The molecule has 0 bridgehead atoms. The lowest BCUT2D eigenvalue weighted by Crippen LogP contribution is -2.19. The summed E-state index contributed by atoms with van der Waals surface area (Å²) in [5.74, 6) is -0.400. The van der Waals surface area contributed by atoms with E-state index < -0.39 is 5.97 Å². The lowest BCUT2D eigenvalue weighted by atomic mass is 10.1. The van der Waals surface area contributed by atoms with Crippen molar-refractivity contribution < 1.29 is 13.9 Å². The summed E-state index contributed by atoms with van der Waals surface area (Å²) in [5.41, 5.74) is 6.37. The Kier molecular flexibility index (Phi) is 3.69. The van der Waals surface area contributed by atoms with E-state index in [1.54, 1.807) is 42.5 Å². The van der Waals surface area contributed by atoms with Crippen molar-refractivity contribution in [1.29, 1.82) is 0 Å². The van der Waals surface area contributed by atoms with Gasteiger partial charge in [-0.15, -0.1) is 0 Å². The molecule has 18 heavy (non-hydrogen) atoms. The molecule has 0 fully saturated rings. The zero-order valence-corrected chi connectivity index (χ0v) is 9.60. The Morgan fingerprint density at radius 3 is 2.39 bits per heavy atom. The maximum Gasteiger partial charge on any atom is 0.325 e. The molecule has 4 heteroatoms. The molecule has 0 amide bonds. The number of benzene rings is 2. The Bertz CT molecular complexity index is 552. The number of carbonyl (C=O) groups excluding carboxylic acids is 1. The highest BCUT2D eigenvalue weighted by Gasteiger charge is 2.05. The van der Waals surface area contributed by atoms with Crippen LogP contribution in [0.2, 0.25) is 0 Å². The van der Waals surface area contributed by atoms with E-state index in [4.69, 9.17) is 10.5 Å². The molecule has 0 saturated carbocycles. The first-order chi connectivity index (χ1) is 8.70. The highest BCUT2D eigenvalue weighted by Crippen LogP contribution is 2.24. The quantitative estimate of drug-likeness (QED) is 0.667. The SMILES string of the molecule is NCC(=O)Oc1ccc(-c2ccccc2F)cc1. The van der Waals surface area contributed by atoms with Crippen LogP contribution in [0.25, 0.3) is 11.1 Å². The van der Waals surface area contributed by atoms with E-state index >= 15 is 0 Å². The number of rotatable bonds is 3. The number of halogens is 1. The number of nitrogens with two attached hydrogens (primary N) is 1. The fourth-order valence-corrected chi connectivity index (χ4v) is 1.57. The van der Waals surface area contributed by atoms with Crippen LogP contribution < -0.4 is 10.5 Å². The van der Waals surface area contributed by atoms with Gasteiger partial charge in [0.15, 0.2) is 0 Å². The fourth-order valence-electron chi connectivity index (χ4n) is 1.57. The minimum Gasteiger partial charge on any atom is -0.426 e. The van der Waals surface area contributed by atoms with Crippen molar-refractivity contribution >= 4 is 5.97 Å². The molecule has 2 aromatic rings. The zero-order valence-electron chi connectivity index (χ0n) is 9.60. The first-order valence-electron chi connectivity index (χ1n) is 5.46. The van der Waals surface area contributed by atoms with Crippen LogP contribution in [-0.2, 0) is 4.79 Å². The lowest BCUT2D eigenvalue weighted by Gasteiger charge is -2.05. The van der Waals surface area contributed by atoms with E-state index in [1.807, 2.05) is 0 Å². The van der Waals surface area contributed by atoms with Gasteiger partial charge in [-0.2, -0.15) is 0 Å². The van der Waals surface area contributed by atoms with Gasteiger partial charge in [-0.1, -0.05) is 30.3 Å². The number of hydrogen-bond acceptors (Lipinski definition) is 3. The van der Waals surface area contributed by atoms with Gasteiger partial charge < -0.3 is 10.5 Å². The minimum absolute atomic E-state index is 0.172. The van der Waals surface area contributed by atoms with Gasteiger partial charge >= 0.3 is 5.97 Å². The molecule has 0 spiro atoms. The average Bonchev–Trinajstić information content (AvgIpc) is 2.40. The summed E-state index contributed by atoms with van der Waals surface area (Å²) in [4.78, 5) is 11.0. The molecular weight excluding hydrogens is 233 g/mol. The highest BCUT2D eigenvalue weighted by atomic mass is 19.1. The molecule has 2 N–H and O–H groups in total. The van der Waals surface area contributed by atoms with E-state index in [0.717, 1.165) is 5.56 Å². The van der Waals surface area contributed by atoms with Crippen LogP contribution in [0, 0.1) is 5.82 Å². The Morgan fingerprint density at radius 2 is 1.78 bits per heavy atom. The number of hydrogen-bond donors (Lipinski definition) is 1. The highest BCUT2D eigenvalue weighted by molar-refractivity contribution is 5.74. The number of esters is 1. The minimum atomic E-state index is -0.506. The molecule has 0 aliphatic rings. The van der Waals surface area contributed by atoms with Gasteiger partial charge in [-0.25, -0.2) is 4.39 Å². The molecule has 0 aliphatic heterocycles. The van der Waals surface area contributed by atoms with Crippen LogP contribution in [0.5, 0.6) is 5.75 Å². The van der Waals surface area contributed by atoms with Crippen LogP contribution in [0.3, 0.4) is 0 Å². The lowest BCUT2D eigenvalue weighted by molar-refractivity contribution is -0.132. The molecular formula is C14H12FNO2. The van der Waals surface area contributed by atoms with Crippen molar-refractivity contribution in [2.75, 3.05) is 6.54 Å². The average molecular weight is 245 g/mol. The zero-order chi connectivity index (χ0) is 13.0. The van der Waals surface area contributed by atoms with Gasteiger partial charge in [0.1, 0.15) is 11.6 Å². The summed E-state index contributed by atoms with van der Waals surface area (Å²) in [5, 5.41) is 0. The third-order valence-electron chi connectivity index (χ3n) is 2.44. The predicted octanol–water partition coefficient (Wildman–Crippen LogP) is 2.36. The standard InChI is InChI=1S/C14H12FNO2/c15-13-4-2-1-3-12(13)10-5-7-11(8-6-10)18-14(17)9-16/h1-8H,9,16H2. The van der Waals surface area contributed by atoms with Gasteiger partial charge in [0.05, 0.1) is 6.54 Å². The van der Waals surface area contributed by atoms with Gasteiger partial charge in [-0.05, 0) is 23.8 Å². The summed E-state index contributed by atoms with van der Waals surface area (Å²) >= 11 is 0. The maximum absolute atomic E-state index is 13.5. The maximum atomic E-state index is 13.5. The second-order valence-corrected chi connectivity index (χ2v) is 3.68. The molecule has 2 rings (SSSR count). The van der Waals surface area contributed by atoms with Crippen LogP contribution in [0.15, 0.2) is 48.5 Å². The van der Waals surface area contributed by atoms with Crippen molar-refractivity contribution in [3.63, 3.8) is 0 Å². The molecule has 0 unspecified atom stereocenters. The van der Waals surface area contributed by atoms with E-state index in [0.29, 0.717) is 11.3 Å². The van der Waals surface area contributed by atoms with E-state index in [1.165, 1.54) is 6.07 Å². The molecule has 0 atom stereocenters. The first-order valence-corrected chi connectivity index (χ1v) is 5.46. The van der Waals surface area contributed by atoms with Crippen molar-refractivity contribution in [2.24, 2.45) is 5.73 Å². The summed E-state index contributed by atoms with van der Waals surface area (Å²) in [7, 11) is 0. The number of ether oxygens (including phenoxy) is 1.